The Morgan fingerprint density at radius 2 is 1.77 bits per heavy atom. The molecule has 3 aromatic rings. The number of carbonyl (C=O) groups excluding carboxylic acids is 2. The van der Waals surface area contributed by atoms with E-state index in [1.807, 2.05) is 36.2 Å². The monoisotopic (exact) mass is 515 g/mol. The Hall–Kier alpha value is -3.07. The molecule has 35 heavy (non-hydrogen) atoms. The van der Waals surface area contributed by atoms with Crippen molar-refractivity contribution < 1.29 is 14.3 Å². The van der Waals surface area contributed by atoms with E-state index in [0.29, 0.717) is 27.0 Å². The van der Waals surface area contributed by atoms with E-state index in [1.165, 1.54) is 7.11 Å². The molecule has 0 aliphatic carbocycles. The molecule has 2 N–H and O–H groups in total. The van der Waals surface area contributed by atoms with Crippen molar-refractivity contribution in [2.75, 3.05) is 20.2 Å². The van der Waals surface area contributed by atoms with E-state index in [1.54, 1.807) is 22.9 Å². The van der Waals surface area contributed by atoms with Crippen LogP contribution in [0.25, 0.3) is 16.9 Å². The number of alkyl carbamates (subject to hydrolysis) is 1. The van der Waals surface area contributed by atoms with E-state index in [0.717, 1.165) is 43.5 Å². The van der Waals surface area contributed by atoms with Gasteiger partial charge in [0.05, 0.1) is 30.1 Å². The van der Waals surface area contributed by atoms with Crippen LogP contribution in [0.5, 0.6) is 0 Å². The minimum Gasteiger partial charge on any atom is -0.453 e. The molecule has 8 nitrogen and oxygen atoms in total. The summed E-state index contributed by atoms with van der Waals surface area (Å²) in [6.07, 6.45) is 2.56. The van der Waals surface area contributed by atoms with Crippen LogP contribution in [0.3, 0.4) is 0 Å². The molecule has 2 amide bonds. The Labute approximate surface area is 214 Å². The maximum atomic E-state index is 13.4. The summed E-state index contributed by atoms with van der Waals surface area (Å²) >= 11 is 12.7. The lowest BCUT2D eigenvalue weighted by Crippen LogP contribution is -2.45. The molecule has 1 fully saturated rings. The normalized spacial score (nSPS) is 13.9. The lowest BCUT2D eigenvalue weighted by atomic mass is 10.0. The zero-order valence-electron chi connectivity index (χ0n) is 19.6. The highest BCUT2D eigenvalue weighted by Gasteiger charge is 2.27. The number of rotatable bonds is 6. The summed E-state index contributed by atoms with van der Waals surface area (Å²) in [5.41, 5.74) is 6.79. The van der Waals surface area contributed by atoms with Gasteiger partial charge in [-0.05, 0) is 38.0 Å². The predicted molar refractivity (Wildman–Crippen MR) is 136 cm³/mol. The fourth-order valence-electron chi connectivity index (χ4n) is 4.07. The number of piperidine rings is 1. The van der Waals surface area contributed by atoms with Crippen LogP contribution in [0.15, 0.2) is 42.5 Å². The summed E-state index contributed by atoms with van der Waals surface area (Å²) in [4.78, 5) is 25.4. The van der Waals surface area contributed by atoms with Crippen molar-refractivity contribution in [1.29, 1.82) is 0 Å². The van der Waals surface area contributed by atoms with Crippen LogP contribution in [-0.4, -0.2) is 47.0 Å². The van der Waals surface area contributed by atoms with Crippen LogP contribution >= 0.6 is 23.2 Å². The first-order chi connectivity index (χ1) is 16.9. The third-order valence-corrected chi connectivity index (χ3v) is 6.41. The molecule has 0 spiro atoms. The molecule has 1 aliphatic rings. The molecule has 0 unspecified atom stereocenters. The first-order valence-electron chi connectivity index (χ1n) is 11.4. The molecule has 1 aliphatic heterocycles. The number of nitrogens with one attached hydrogen (secondary N) is 2. The maximum absolute atomic E-state index is 13.4. The van der Waals surface area contributed by atoms with Gasteiger partial charge in [0.15, 0.2) is 5.69 Å². The molecule has 0 radical (unpaired) electrons. The Morgan fingerprint density at radius 1 is 1.06 bits per heavy atom. The summed E-state index contributed by atoms with van der Waals surface area (Å²) in [6.45, 7) is 3.57. The number of methoxy groups -OCH3 is 1. The van der Waals surface area contributed by atoms with Crippen LogP contribution in [0.2, 0.25) is 10.0 Å². The Morgan fingerprint density at radius 3 is 2.43 bits per heavy atom. The maximum Gasteiger partial charge on any atom is 0.407 e. The van der Waals surface area contributed by atoms with Gasteiger partial charge in [-0.2, -0.15) is 5.10 Å². The minimum absolute atomic E-state index is 0.0316. The van der Waals surface area contributed by atoms with Crippen molar-refractivity contribution in [2.45, 2.75) is 32.7 Å². The number of amides is 2. The number of halogens is 2. The van der Waals surface area contributed by atoms with E-state index in [2.05, 4.69) is 10.7 Å². The molecule has 4 rings (SSSR count). The number of aryl methyl sites for hydroxylation is 1. The molecular formula is C25H27Cl2N5O3. The predicted octanol–water partition coefficient (Wildman–Crippen LogP) is 5.14. The first-order valence-corrected chi connectivity index (χ1v) is 12.1. The standard InChI is InChI=1S/C25H27Cl2N5O3/c1-16-6-8-17(9-7-16)23-19(15-28-25(34)35-2)22(24(33)30-31-12-4-3-5-13-31)29-32(23)21-11-10-18(26)14-20(21)27/h6-11,14H,3-5,12-13,15H2,1-2H3,(H,28,34)(H,30,33). The number of ether oxygens (including phenoxy) is 1. The van der Waals surface area contributed by atoms with Gasteiger partial charge < -0.3 is 10.1 Å². The molecule has 10 heteroatoms. The van der Waals surface area contributed by atoms with Crippen LogP contribution in [0.1, 0.15) is 40.9 Å². The van der Waals surface area contributed by atoms with Gasteiger partial charge in [-0.15, -0.1) is 0 Å². The van der Waals surface area contributed by atoms with Crippen LogP contribution in [0.4, 0.5) is 4.79 Å². The van der Waals surface area contributed by atoms with Crippen molar-refractivity contribution in [3.63, 3.8) is 0 Å². The summed E-state index contributed by atoms with van der Waals surface area (Å²) in [6, 6.07) is 12.9. The number of hydrogen-bond donors (Lipinski definition) is 2. The lowest BCUT2D eigenvalue weighted by Gasteiger charge is -2.26. The Kier molecular flexibility index (Phi) is 7.95. The lowest BCUT2D eigenvalue weighted by molar-refractivity contribution is 0.0743. The van der Waals surface area contributed by atoms with E-state index < -0.39 is 6.09 Å². The molecular weight excluding hydrogens is 489 g/mol. The van der Waals surface area contributed by atoms with Gasteiger partial charge in [-0.3, -0.25) is 10.2 Å². The van der Waals surface area contributed by atoms with Crippen molar-refractivity contribution in [1.82, 2.24) is 25.5 Å². The second kappa shape index (κ2) is 11.1. The molecule has 1 aromatic heterocycles. The molecule has 2 aromatic carbocycles. The molecule has 2 heterocycles. The van der Waals surface area contributed by atoms with Crippen molar-refractivity contribution in [3.8, 4) is 16.9 Å². The molecule has 0 atom stereocenters. The van der Waals surface area contributed by atoms with Gasteiger partial charge in [-0.1, -0.05) is 59.5 Å². The fraction of sp³-hybridized carbons (Fsp3) is 0.320. The minimum atomic E-state index is -0.612. The largest absolute Gasteiger partial charge is 0.453 e. The number of aromatic nitrogens is 2. The first kappa shape index (κ1) is 25.0. The van der Waals surface area contributed by atoms with Crippen LogP contribution in [-0.2, 0) is 11.3 Å². The van der Waals surface area contributed by atoms with Gasteiger partial charge >= 0.3 is 6.09 Å². The van der Waals surface area contributed by atoms with E-state index in [9.17, 15) is 9.59 Å². The topological polar surface area (TPSA) is 88.5 Å². The summed E-state index contributed by atoms with van der Waals surface area (Å²) in [5.74, 6) is -0.356. The fourth-order valence-corrected chi connectivity index (χ4v) is 4.56. The quantitative estimate of drug-likeness (QED) is 0.474. The summed E-state index contributed by atoms with van der Waals surface area (Å²) in [7, 11) is 1.29. The summed E-state index contributed by atoms with van der Waals surface area (Å²) in [5, 5.41) is 10.2. The second-order valence-electron chi connectivity index (χ2n) is 8.38. The zero-order valence-corrected chi connectivity index (χ0v) is 21.1. The van der Waals surface area contributed by atoms with Crippen LogP contribution in [0, 0.1) is 6.92 Å². The van der Waals surface area contributed by atoms with Gasteiger partial charge in [0.2, 0.25) is 0 Å². The second-order valence-corrected chi connectivity index (χ2v) is 9.23. The number of hydrazine groups is 1. The average Bonchev–Trinajstić information content (AvgIpc) is 3.23. The van der Waals surface area contributed by atoms with Crippen molar-refractivity contribution >= 4 is 35.2 Å². The molecule has 184 valence electrons. The van der Waals surface area contributed by atoms with E-state index >= 15 is 0 Å². The number of benzene rings is 2. The van der Waals surface area contributed by atoms with Crippen molar-refractivity contribution in [2.24, 2.45) is 0 Å². The van der Waals surface area contributed by atoms with Crippen LogP contribution < -0.4 is 10.7 Å². The molecule has 0 saturated carbocycles. The highest BCUT2D eigenvalue weighted by Crippen LogP contribution is 2.33. The smallest absolute Gasteiger partial charge is 0.407 e. The number of carbonyl (C=O) groups is 2. The van der Waals surface area contributed by atoms with Gasteiger partial charge in [0, 0.05) is 29.2 Å². The zero-order chi connectivity index (χ0) is 24.9. The van der Waals surface area contributed by atoms with Gasteiger partial charge in [0.25, 0.3) is 5.91 Å². The molecule has 1 saturated heterocycles. The summed E-state index contributed by atoms with van der Waals surface area (Å²) < 4.78 is 6.38. The Bertz CT molecular complexity index is 1220. The van der Waals surface area contributed by atoms with E-state index in [-0.39, 0.29) is 18.1 Å². The number of nitrogens with zero attached hydrogens (tertiary/aromatic N) is 3. The number of hydrogen-bond acceptors (Lipinski definition) is 5. The highest BCUT2D eigenvalue weighted by atomic mass is 35.5. The highest BCUT2D eigenvalue weighted by molar-refractivity contribution is 6.35. The average molecular weight is 516 g/mol. The van der Waals surface area contributed by atoms with Gasteiger partial charge in [0.1, 0.15) is 0 Å². The third-order valence-electron chi connectivity index (χ3n) is 5.87. The third kappa shape index (κ3) is 5.78. The van der Waals surface area contributed by atoms with Gasteiger partial charge in [-0.25, -0.2) is 14.5 Å². The van der Waals surface area contributed by atoms with E-state index in [4.69, 9.17) is 33.0 Å². The Balaban J connectivity index is 1.87. The molecule has 0 bridgehead atoms. The SMILES string of the molecule is COC(=O)NCc1c(C(=O)NN2CCCCC2)nn(-c2ccc(Cl)cc2Cl)c1-c1ccc(C)cc1. The van der Waals surface area contributed by atoms with Crippen molar-refractivity contribution in [3.05, 3.63) is 69.3 Å².